The Labute approximate surface area is 328 Å². The van der Waals surface area contributed by atoms with Gasteiger partial charge in [-0.3, -0.25) is 24.7 Å². The molecule has 6 rings (SSSR count). The highest BCUT2D eigenvalue weighted by Crippen LogP contribution is 2.35. The van der Waals surface area contributed by atoms with E-state index in [0.29, 0.717) is 70.6 Å². The molecule has 12 heteroatoms. The molecular weight excluding hydrogens is 713 g/mol. The summed E-state index contributed by atoms with van der Waals surface area (Å²) in [6, 6.07) is 26.8. The minimum absolute atomic E-state index is 0.0286. The summed E-state index contributed by atoms with van der Waals surface area (Å²) in [5.41, 5.74) is 3.16. The van der Waals surface area contributed by atoms with Crippen LogP contribution in [-0.4, -0.2) is 70.2 Å². The molecular formula is C44H52N4O8. The van der Waals surface area contributed by atoms with Gasteiger partial charge in [0.15, 0.2) is 0 Å². The molecule has 296 valence electrons. The van der Waals surface area contributed by atoms with Crippen LogP contribution in [-0.2, 0) is 37.0 Å². The number of nitro benzene ring substituents is 1. The summed E-state index contributed by atoms with van der Waals surface area (Å²) in [5.74, 6) is -0.354. The molecule has 4 aromatic rings. The Balaban J connectivity index is 1.15. The summed E-state index contributed by atoms with van der Waals surface area (Å²) in [4.78, 5) is 44.5. The standard InChI is InChI=1S/C44H52N4O8/c49-41-29-38(48(52)53)15-16-39(41)43(35-19-23-45-24-20-35)46-40(34-21-26-54-27-22-34)17-18-42(50)47(25-28-55-30-32-7-3-1-4-8-32)37-13-11-36(12-14-37)44(51)56-31-33-9-5-2-6-10-33/h1-10,15-16,19-20,23-24,29,34,36-37,40,43,46,49H,11-14,17-18,21-22,25-28,30-31H2. The van der Waals surface area contributed by atoms with Crippen LogP contribution in [0.25, 0.3) is 0 Å². The zero-order valence-corrected chi connectivity index (χ0v) is 31.7. The number of nitro groups is 1. The fraction of sp³-hybridized carbons (Fsp3) is 0.432. The first-order valence-electron chi connectivity index (χ1n) is 19.7. The van der Waals surface area contributed by atoms with E-state index in [2.05, 4.69) is 10.3 Å². The second kappa shape index (κ2) is 20.7. The summed E-state index contributed by atoms with van der Waals surface area (Å²) >= 11 is 0. The van der Waals surface area contributed by atoms with E-state index in [-0.39, 0.29) is 60.3 Å². The van der Waals surface area contributed by atoms with Crippen LogP contribution in [0.5, 0.6) is 5.75 Å². The number of carbonyl (C=O) groups is 2. The zero-order chi connectivity index (χ0) is 39.1. The fourth-order valence-corrected chi connectivity index (χ4v) is 7.93. The lowest BCUT2D eigenvalue weighted by molar-refractivity contribution is -0.385. The van der Waals surface area contributed by atoms with Gasteiger partial charge in [-0.1, -0.05) is 60.7 Å². The average Bonchev–Trinajstić information content (AvgIpc) is 3.24. The van der Waals surface area contributed by atoms with Gasteiger partial charge in [-0.25, -0.2) is 0 Å². The predicted octanol–water partition coefficient (Wildman–Crippen LogP) is 7.30. The number of carbonyl (C=O) groups excluding carboxylic acids is 2. The normalized spacial score (nSPS) is 18.4. The van der Waals surface area contributed by atoms with E-state index in [1.807, 2.05) is 77.7 Å². The van der Waals surface area contributed by atoms with Gasteiger partial charge in [0.05, 0.1) is 36.2 Å². The molecule has 1 saturated heterocycles. The molecule has 3 aromatic carbocycles. The molecule has 1 aromatic heterocycles. The van der Waals surface area contributed by atoms with Gasteiger partial charge < -0.3 is 29.5 Å². The minimum Gasteiger partial charge on any atom is -0.507 e. The smallest absolute Gasteiger partial charge is 0.309 e. The maximum Gasteiger partial charge on any atom is 0.309 e. The van der Waals surface area contributed by atoms with Gasteiger partial charge in [0.2, 0.25) is 5.91 Å². The summed E-state index contributed by atoms with van der Waals surface area (Å²) in [5, 5.41) is 26.3. The third-order valence-electron chi connectivity index (χ3n) is 11.1. The van der Waals surface area contributed by atoms with Crippen LogP contribution in [0.3, 0.4) is 0 Å². The Kier molecular flexibility index (Phi) is 14.9. The molecule has 2 N–H and O–H groups in total. The van der Waals surface area contributed by atoms with Crippen LogP contribution in [0.2, 0.25) is 0 Å². The van der Waals surface area contributed by atoms with E-state index in [0.717, 1.165) is 29.5 Å². The SMILES string of the molecule is O=C(OCc1ccccc1)C1CCC(N(CCOCc2ccccc2)C(=O)CCC(NC(c2ccncc2)c2ccc([N+](=O)[O-])cc2O)C2CCOCC2)CC1. The van der Waals surface area contributed by atoms with Gasteiger partial charge in [-0.2, -0.15) is 0 Å². The van der Waals surface area contributed by atoms with Crippen molar-refractivity contribution in [2.24, 2.45) is 11.8 Å². The summed E-state index contributed by atoms with van der Waals surface area (Å²) in [6.07, 6.45) is 8.46. The largest absolute Gasteiger partial charge is 0.507 e. The van der Waals surface area contributed by atoms with Crippen LogP contribution >= 0.6 is 0 Å². The van der Waals surface area contributed by atoms with Gasteiger partial charge in [0.25, 0.3) is 5.69 Å². The minimum atomic E-state index is -0.530. The van der Waals surface area contributed by atoms with Crippen molar-refractivity contribution in [3.05, 3.63) is 136 Å². The Morgan fingerprint density at radius 3 is 2.20 bits per heavy atom. The highest BCUT2D eigenvalue weighted by atomic mass is 16.6. The number of nitrogens with one attached hydrogen (secondary N) is 1. The Morgan fingerprint density at radius 2 is 1.55 bits per heavy atom. The first kappa shape index (κ1) is 40.5. The summed E-state index contributed by atoms with van der Waals surface area (Å²) < 4.78 is 17.4. The van der Waals surface area contributed by atoms with Crippen molar-refractivity contribution in [1.82, 2.24) is 15.2 Å². The van der Waals surface area contributed by atoms with Crippen molar-refractivity contribution in [3.63, 3.8) is 0 Å². The van der Waals surface area contributed by atoms with E-state index >= 15 is 0 Å². The number of rotatable bonds is 18. The van der Waals surface area contributed by atoms with Crippen molar-refractivity contribution in [2.75, 3.05) is 26.4 Å². The molecule has 1 amide bonds. The predicted molar refractivity (Wildman–Crippen MR) is 210 cm³/mol. The Bertz CT molecular complexity index is 1830. The zero-order valence-electron chi connectivity index (χ0n) is 31.7. The number of benzene rings is 3. The second-order valence-electron chi connectivity index (χ2n) is 14.7. The van der Waals surface area contributed by atoms with E-state index in [1.165, 1.54) is 12.1 Å². The quantitative estimate of drug-likeness (QED) is 0.0457. The van der Waals surface area contributed by atoms with Gasteiger partial charge in [0, 0.05) is 62.3 Å². The number of aromatic hydroxyl groups is 1. The average molecular weight is 765 g/mol. The number of phenolic OH excluding ortho intramolecular Hbond substituents is 1. The Morgan fingerprint density at radius 1 is 0.893 bits per heavy atom. The Hall–Kier alpha value is -5.17. The van der Waals surface area contributed by atoms with Gasteiger partial charge in [-0.05, 0) is 85.8 Å². The number of amides is 1. The number of pyridine rings is 1. The number of esters is 1. The van der Waals surface area contributed by atoms with Crippen LogP contribution in [0.4, 0.5) is 5.69 Å². The number of nitrogens with zero attached hydrogens (tertiary/aromatic N) is 3. The first-order valence-corrected chi connectivity index (χ1v) is 19.7. The highest BCUT2D eigenvalue weighted by molar-refractivity contribution is 5.77. The van der Waals surface area contributed by atoms with E-state index in [1.54, 1.807) is 18.5 Å². The van der Waals surface area contributed by atoms with E-state index in [4.69, 9.17) is 14.2 Å². The first-order chi connectivity index (χ1) is 27.4. The lowest BCUT2D eigenvalue weighted by Gasteiger charge is -2.38. The third kappa shape index (κ3) is 11.4. The molecule has 1 aliphatic heterocycles. The number of hydrogen-bond acceptors (Lipinski definition) is 10. The molecule has 2 heterocycles. The van der Waals surface area contributed by atoms with Crippen LogP contribution < -0.4 is 5.32 Å². The van der Waals surface area contributed by atoms with Crippen molar-refractivity contribution in [2.45, 2.75) is 82.7 Å². The van der Waals surface area contributed by atoms with Gasteiger partial charge in [0.1, 0.15) is 12.4 Å². The monoisotopic (exact) mass is 764 g/mol. The topological polar surface area (TPSA) is 153 Å². The number of non-ortho nitro benzene ring substituents is 1. The molecule has 1 aliphatic carbocycles. The van der Waals surface area contributed by atoms with Gasteiger partial charge in [-0.15, -0.1) is 0 Å². The second-order valence-corrected chi connectivity index (χ2v) is 14.7. The molecule has 0 spiro atoms. The molecule has 0 radical (unpaired) electrons. The van der Waals surface area contributed by atoms with Crippen LogP contribution in [0.1, 0.15) is 79.7 Å². The number of ether oxygens (including phenoxy) is 3. The van der Waals surface area contributed by atoms with Crippen molar-refractivity contribution in [1.29, 1.82) is 0 Å². The van der Waals surface area contributed by atoms with Crippen LogP contribution in [0, 0.1) is 22.0 Å². The molecule has 0 bridgehead atoms. The van der Waals surface area contributed by atoms with E-state index in [9.17, 15) is 24.8 Å². The van der Waals surface area contributed by atoms with E-state index < -0.39 is 11.0 Å². The third-order valence-corrected chi connectivity index (χ3v) is 11.1. The summed E-state index contributed by atoms with van der Waals surface area (Å²) in [7, 11) is 0. The van der Waals surface area contributed by atoms with Crippen molar-refractivity contribution >= 4 is 17.6 Å². The van der Waals surface area contributed by atoms with Gasteiger partial charge >= 0.3 is 5.97 Å². The maximum atomic E-state index is 14.4. The lowest BCUT2D eigenvalue weighted by Crippen LogP contribution is -2.46. The fourth-order valence-electron chi connectivity index (χ4n) is 7.93. The molecule has 1 saturated carbocycles. The number of aromatic nitrogens is 1. The molecule has 2 aliphatic rings. The van der Waals surface area contributed by atoms with Crippen molar-refractivity contribution < 1.29 is 33.8 Å². The molecule has 2 fully saturated rings. The molecule has 2 atom stereocenters. The molecule has 56 heavy (non-hydrogen) atoms. The maximum absolute atomic E-state index is 14.4. The molecule has 2 unspecified atom stereocenters. The lowest BCUT2D eigenvalue weighted by atomic mass is 9.84. The molecule has 12 nitrogen and oxygen atoms in total. The van der Waals surface area contributed by atoms with Crippen molar-refractivity contribution in [3.8, 4) is 5.75 Å². The summed E-state index contributed by atoms with van der Waals surface area (Å²) in [6.45, 7) is 2.74. The number of hydrogen-bond donors (Lipinski definition) is 2. The highest BCUT2D eigenvalue weighted by Gasteiger charge is 2.34. The number of phenols is 1. The van der Waals surface area contributed by atoms with Crippen LogP contribution in [0.15, 0.2) is 103 Å².